The average molecular weight is 618 g/mol. The summed E-state index contributed by atoms with van der Waals surface area (Å²) in [5.41, 5.74) is 3.50. The number of hydrogen-bond donors (Lipinski definition) is 2. The van der Waals surface area contributed by atoms with Crippen LogP contribution in [0.3, 0.4) is 0 Å². The number of para-hydroxylation sites is 1. The summed E-state index contributed by atoms with van der Waals surface area (Å²) in [4.78, 5) is 25.2. The summed E-state index contributed by atoms with van der Waals surface area (Å²) in [5.74, 6) is -0.674. The highest BCUT2D eigenvalue weighted by atomic mass is 79.9. The molecule has 0 aliphatic heterocycles. The van der Waals surface area contributed by atoms with Crippen LogP contribution >= 0.6 is 43.5 Å². The molecular formula is C26H20Br2ClN3O3. The first-order valence-electron chi connectivity index (χ1n) is 10.3. The van der Waals surface area contributed by atoms with E-state index in [9.17, 15) is 14.9 Å². The molecular weight excluding hydrogens is 598 g/mol. The van der Waals surface area contributed by atoms with Crippen molar-refractivity contribution in [3.63, 3.8) is 0 Å². The molecule has 3 aromatic rings. The number of anilines is 2. The van der Waals surface area contributed by atoms with Crippen LogP contribution in [0.2, 0.25) is 5.02 Å². The van der Waals surface area contributed by atoms with Crippen molar-refractivity contribution in [1.29, 1.82) is 5.26 Å². The van der Waals surface area contributed by atoms with E-state index in [2.05, 4.69) is 42.5 Å². The van der Waals surface area contributed by atoms with Crippen molar-refractivity contribution in [3.05, 3.63) is 90.8 Å². The number of nitrogens with one attached hydrogen (secondary N) is 2. The van der Waals surface area contributed by atoms with Gasteiger partial charge in [0.15, 0.2) is 6.61 Å². The monoisotopic (exact) mass is 615 g/mol. The number of ether oxygens (including phenoxy) is 1. The molecule has 6 nitrogen and oxygen atoms in total. The standard InChI is InChI=1S/C26H20Br2ClN3O3/c1-15-7-8-20(9-16(15)2)31-24(33)14-35-25-17(11-19(27)12-21(25)28)10-18(13-30)26(34)32-23-6-4-3-5-22(23)29/h3-12H,14H2,1-2H3,(H,31,33)(H,32,34)/b18-10+. The summed E-state index contributed by atoms with van der Waals surface area (Å²) in [7, 11) is 0. The molecule has 0 aromatic heterocycles. The number of aryl methyl sites for hydroxylation is 2. The molecule has 0 aliphatic rings. The third-order valence-corrected chi connectivity index (χ3v) is 6.34. The maximum absolute atomic E-state index is 12.7. The van der Waals surface area contributed by atoms with Gasteiger partial charge in [-0.3, -0.25) is 9.59 Å². The number of halogens is 3. The fourth-order valence-electron chi connectivity index (χ4n) is 3.05. The molecule has 178 valence electrons. The Morgan fingerprint density at radius 1 is 1.06 bits per heavy atom. The van der Waals surface area contributed by atoms with Crippen LogP contribution in [0.5, 0.6) is 5.75 Å². The summed E-state index contributed by atoms with van der Waals surface area (Å²) in [6.07, 6.45) is 1.39. The summed E-state index contributed by atoms with van der Waals surface area (Å²) in [6.45, 7) is 3.68. The number of nitrogens with zero attached hydrogens (tertiary/aromatic N) is 1. The molecule has 0 bridgehead atoms. The highest BCUT2D eigenvalue weighted by Gasteiger charge is 2.16. The van der Waals surface area contributed by atoms with E-state index in [4.69, 9.17) is 16.3 Å². The average Bonchev–Trinajstić information content (AvgIpc) is 2.80. The lowest BCUT2D eigenvalue weighted by atomic mass is 10.1. The van der Waals surface area contributed by atoms with E-state index in [1.54, 1.807) is 36.4 Å². The molecule has 0 unspecified atom stereocenters. The number of benzene rings is 3. The van der Waals surface area contributed by atoms with Gasteiger partial charge in [-0.2, -0.15) is 5.26 Å². The first kappa shape index (κ1) is 26.5. The van der Waals surface area contributed by atoms with Crippen molar-refractivity contribution in [2.24, 2.45) is 0 Å². The van der Waals surface area contributed by atoms with E-state index in [1.807, 2.05) is 38.1 Å². The van der Waals surface area contributed by atoms with E-state index in [-0.39, 0.29) is 18.1 Å². The zero-order valence-corrected chi connectivity index (χ0v) is 22.7. The largest absolute Gasteiger partial charge is 0.482 e. The Labute approximate surface area is 225 Å². The molecule has 3 rings (SSSR count). The van der Waals surface area contributed by atoms with Gasteiger partial charge in [-0.15, -0.1) is 0 Å². The Hall–Kier alpha value is -3.12. The second-order valence-corrected chi connectivity index (χ2v) is 9.72. The van der Waals surface area contributed by atoms with Gasteiger partial charge in [-0.1, -0.05) is 45.7 Å². The van der Waals surface area contributed by atoms with Gasteiger partial charge in [-0.05, 0) is 83.4 Å². The third kappa shape index (κ3) is 7.18. The maximum atomic E-state index is 12.7. The van der Waals surface area contributed by atoms with Gasteiger partial charge in [0.1, 0.15) is 17.4 Å². The molecule has 0 atom stereocenters. The van der Waals surface area contributed by atoms with Crippen molar-refractivity contribution < 1.29 is 14.3 Å². The van der Waals surface area contributed by atoms with Gasteiger partial charge < -0.3 is 15.4 Å². The Kier molecular flexibility index (Phi) is 9.10. The highest BCUT2D eigenvalue weighted by Crippen LogP contribution is 2.34. The van der Waals surface area contributed by atoms with E-state index in [0.29, 0.717) is 36.7 Å². The summed E-state index contributed by atoms with van der Waals surface area (Å²) < 4.78 is 7.02. The molecule has 2 N–H and O–H groups in total. The second-order valence-electron chi connectivity index (χ2n) is 7.55. The van der Waals surface area contributed by atoms with Crippen LogP contribution in [0.4, 0.5) is 11.4 Å². The highest BCUT2D eigenvalue weighted by molar-refractivity contribution is 9.11. The quantitative estimate of drug-likeness (QED) is 0.220. The van der Waals surface area contributed by atoms with Crippen molar-refractivity contribution in [1.82, 2.24) is 0 Å². The molecule has 0 heterocycles. The molecule has 9 heteroatoms. The lowest BCUT2D eigenvalue weighted by Crippen LogP contribution is -2.20. The van der Waals surface area contributed by atoms with Crippen molar-refractivity contribution in [3.8, 4) is 11.8 Å². The first-order chi connectivity index (χ1) is 16.7. The number of amides is 2. The lowest BCUT2D eigenvalue weighted by molar-refractivity contribution is -0.118. The smallest absolute Gasteiger partial charge is 0.266 e. The van der Waals surface area contributed by atoms with Crippen molar-refractivity contribution in [2.75, 3.05) is 17.2 Å². The van der Waals surface area contributed by atoms with Gasteiger partial charge in [0.25, 0.3) is 11.8 Å². The second kappa shape index (κ2) is 12.0. The Balaban J connectivity index is 1.81. The summed E-state index contributed by atoms with van der Waals surface area (Å²) in [6, 6.07) is 17.7. The van der Waals surface area contributed by atoms with Crippen LogP contribution in [0, 0.1) is 25.2 Å². The Morgan fingerprint density at radius 2 is 1.80 bits per heavy atom. The first-order valence-corrected chi connectivity index (χ1v) is 12.3. The maximum Gasteiger partial charge on any atom is 0.266 e. The van der Waals surface area contributed by atoms with E-state index in [0.717, 1.165) is 11.1 Å². The van der Waals surface area contributed by atoms with E-state index < -0.39 is 5.91 Å². The Morgan fingerprint density at radius 3 is 2.49 bits per heavy atom. The van der Waals surface area contributed by atoms with Gasteiger partial charge in [0.2, 0.25) is 0 Å². The molecule has 0 saturated carbocycles. The van der Waals surface area contributed by atoms with Gasteiger partial charge in [-0.25, -0.2) is 0 Å². The fraction of sp³-hybridized carbons (Fsp3) is 0.115. The zero-order valence-electron chi connectivity index (χ0n) is 18.8. The molecule has 3 aromatic carbocycles. The van der Waals surface area contributed by atoms with Crippen molar-refractivity contribution in [2.45, 2.75) is 13.8 Å². The van der Waals surface area contributed by atoms with Crippen LogP contribution in [-0.2, 0) is 9.59 Å². The van der Waals surface area contributed by atoms with Crippen LogP contribution in [-0.4, -0.2) is 18.4 Å². The van der Waals surface area contributed by atoms with Crippen LogP contribution in [0.15, 0.2) is 69.1 Å². The van der Waals surface area contributed by atoms with Gasteiger partial charge in [0, 0.05) is 15.7 Å². The molecule has 2 amide bonds. The van der Waals surface area contributed by atoms with Crippen LogP contribution < -0.4 is 15.4 Å². The minimum Gasteiger partial charge on any atom is -0.482 e. The fourth-order valence-corrected chi connectivity index (χ4v) is 4.61. The van der Waals surface area contributed by atoms with Gasteiger partial charge >= 0.3 is 0 Å². The predicted molar refractivity (Wildman–Crippen MR) is 146 cm³/mol. The molecule has 0 fully saturated rings. The van der Waals surface area contributed by atoms with Crippen LogP contribution in [0.25, 0.3) is 6.08 Å². The van der Waals surface area contributed by atoms with E-state index in [1.165, 1.54) is 6.08 Å². The zero-order chi connectivity index (χ0) is 25.5. The van der Waals surface area contributed by atoms with Crippen LogP contribution in [0.1, 0.15) is 16.7 Å². The normalized spacial score (nSPS) is 10.9. The minimum absolute atomic E-state index is 0.167. The lowest BCUT2D eigenvalue weighted by Gasteiger charge is -2.13. The molecule has 0 aliphatic carbocycles. The molecule has 0 saturated heterocycles. The van der Waals surface area contributed by atoms with Gasteiger partial charge in [0.05, 0.1) is 15.2 Å². The number of nitriles is 1. The molecule has 0 radical (unpaired) electrons. The van der Waals surface area contributed by atoms with E-state index >= 15 is 0 Å². The number of carbonyl (C=O) groups excluding carboxylic acids is 2. The number of rotatable bonds is 7. The SMILES string of the molecule is Cc1ccc(NC(=O)COc2c(Br)cc(Br)cc2/C=C(\C#N)C(=O)Nc2ccccc2Cl)cc1C. The number of hydrogen-bond acceptors (Lipinski definition) is 4. The number of carbonyl (C=O) groups is 2. The molecule has 0 spiro atoms. The predicted octanol–water partition coefficient (Wildman–Crippen LogP) is 7.05. The topological polar surface area (TPSA) is 91.2 Å². The summed E-state index contributed by atoms with van der Waals surface area (Å²) in [5, 5.41) is 15.4. The molecule has 35 heavy (non-hydrogen) atoms. The van der Waals surface area contributed by atoms with Crippen molar-refractivity contribution >= 4 is 72.7 Å². The third-order valence-electron chi connectivity index (χ3n) is 4.96. The minimum atomic E-state index is -0.630. The summed E-state index contributed by atoms with van der Waals surface area (Å²) >= 11 is 12.9. The Bertz CT molecular complexity index is 1370.